The zero-order valence-electron chi connectivity index (χ0n) is 12.7. The Hall–Kier alpha value is -0.660. The van der Waals surface area contributed by atoms with Crippen molar-refractivity contribution in [2.75, 3.05) is 38.5 Å². The van der Waals surface area contributed by atoms with E-state index < -0.39 is 9.84 Å². The van der Waals surface area contributed by atoms with Gasteiger partial charge in [-0.1, -0.05) is 12.8 Å². The summed E-state index contributed by atoms with van der Waals surface area (Å²) in [6.45, 7) is 4.83. The predicted molar refractivity (Wildman–Crippen MR) is 80.7 cm³/mol. The van der Waals surface area contributed by atoms with E-state index >= 15 is 0 Å². The van der Waals surface area contributed by atoms with E-state index in [-0.39, 0.29) is 23.0 Å². The van der Waals surface area contributed by atoms with Gasteiger partial charge in [-0.15, -0.1) is 0 Å². The molecule has 2 fully saturated rings. The van der Waals surface area contributed by atoms with Crippen LogP contribution in [0.3, 0.4) is 0 Å². The Morgan fingerprint density at radius 2 is 1.76 bits per heavy atom. The van der Waals surface area contributed by atoms with Crippen LogP contribution in [-0.4, -0.2) is 79.1 Å². The van der Waals surface area contributed by atoms with Crippen molar-refractivity contribution >= 4 is 15.7 Å². The quantitative estimate of drug-likeness (QED) is 0.764. The molecule has 1 N–H and O–H groups in total. The van der Waals surface area contributed by atoms with E-state index in [1.165, 1.54) is 0 Å². The lowest BCUT2D eigenvalue weighted by Gasteiger charge is -2.35. The normalized spacial score (nSPS) is 23.4. The van der Waals surface area contributed by atoms with Crippen LogP contribution in [0.2, 0.25) is 0 Å². The van der Waals surface area contributed by atoms with Crippen LogP contribution < -0.4 is 0 Å². The predicted octanol–water partition coefficient (Wildman–Crippen LogP) is -0.131. The molecule has 1 aliphatic heterocycles. The molecular weight excluding hydrogens is 292 g/mol. The molecule has 0 aromatic heterocycles. The number of nitrogens with zero attached hydrogens (tertiary/aromatic N) is 2. The minimum Gasteiger partial charge on any atom is -0.392 e. The first-order valence-electron chi connectivity index (χ1n) is 7.78. The van der Waals surface area contributed by atoms with Gasteiger partial charge in [0.05, 0.1) is 11.4 Å². The summed E-state index contributed by atoms with van der Waals surface area (Å²) in [7, 11) is -3.29. The van der Waals surface area contributed by atoms with Crippen molar-refractivity contribution in [2.45, 2.75) is 44.0 Å². The Kier molecular flexibility index (Phi) is 5.62. The average molecular weight is 318 g/mol. The second-order valence-corrected chi connectivity index (χ2v) is 8.53. The number of carbonyl (C=O) groups is 1. The van der Waals surface area contributed by atoms with Gasteiger partial charge in [-0.2, -0.15) is 0 Å². The molecule has 2 aliphatic rings. The monoisotopic (exact) mass is 318 g/mol. The molecule has 0 aromatic rings. The van der Waals surface area contributed by atoms with E-state index in [1.54, 1.807) is 11.8 Å². The van der Waals surface area contributed by atoms with Crippen molar-refractivity contribution in [2.24, 2.45) is 0 Å². The molecule has 7 heteroatoms. The molecule has 2 rings (SSSR count). The molecule has 1 atom stereocenters. The molecule has 6 nitrogen and oxygen atoms in total. The van der Waals surface area contributed by atoms with Crippen molar-refractivity contribution in [3.8, 4) is 0 Å². The fourth-order valence-corrected chi connectivity index (χ4v) is 5.00. The zero-order chi connectivity index (χ0) is 15.5. The molecule has 1 heterocycles. The van der Waals surface area contributed by atoms with E-state index in [4.69, 9.17) is 0 Å². The van der Waals surface area contributed by atoms with Crippen LogP contribution in [0, 0.1) is 0 Å². The van der Waals surface area contributed by atoms with Crippen LogP contribution in [0.4, 0.5) is 0 Å². The van der Waals surface area contributed by atoms with Crippen molar-refractivity contribution in [3.05, 3.63) is 0 Å². The van der Waals surface area contributed by atoms with Crippen LogP contribution in [-0.2, 0) is 14.6 Å². The highest BCUT2D eigenvalue weighted by Crippen LogP contribution is 2.25. The number of carbonyl (C=O) groups excluding carboxylic acids is 1. The average Bonchev–Trinajstić information content (AvgIpc) is 2.93. The van der Waals surface area contributed by atoms with Crippen molar-refractivity contribution < 1.29 is 18.3 Å². The van der Waals surface area contributed by atoms with Gasteiger partial charge in [-0.3, -0.25) is 9.69 Å². The van der Waals surface area contributed by atoms with Gasteiger partial charge in [0, 0.05) is 32.7 Å². The molecule has 21 heavy (non-hydrogen) atoms. The number of hydrogen-bond donors (Lipinski definition) is 1. The van der Waals surface area contributed by atoms with Gasteiger partial charge in [0.1, 0.15) is 5.75 Å². The third kappa shape index (κ3) is 4.66. The number of hydrogen-bond acceptors (Lipinski definition) is 5. The number of amides is 1. The van der Waals surface area contributed by atoms with Crippen LogP contribution in [0.15, 0.2) is 0 Å². The molecule has 0 bridgehead atoms. The van der Waals surface area contributed by atoms with Gasteiger partial charge in [-0.05, 0) is 19.8 Å². The maximum absolute atomic E-state index is 12.2. The van der Waals surface area contributed by atoms with E-state index in [0.717, 1.165) is 12.8 Å². The Balaban J connectivity index is 1.82. The fraction of sp³-hybridized carbons (Fsp3) is 0.929. The molecule has 122 valence electrons. The van der Waals surface area contributed by atoms with Gasteiger partial charge in [0.25, 0.3) is 0 Å². The topological polar surface area (TPSA) is 77.9 Å². The Labute approximate surface area is 127 Å². The Bertz CT molecular complexity index is 450. The molecule has 0 aromatic carbocycles. The van der Waals surface area contributed by atoms with Crippen LogP contribution >= 0.6 is 0 Å². The highest BCUT2D eigenvalue weighted by Gasteiger charge is 2.32. The molecule has 0 radical (unpaired) electrons. The van der Waals surface area contributed by atoms with Crippen molar-refractivity contribution in [1.29, 1.82) is 0 Å². The van der Waals surface area contributed by atoms with E-state index in [2.05, 4.69) is 4.90 Å². The summed E-state index contributed by atoms with van der Waals surface area (Å²) < 4.78 is 24.4. The maximum atomic E-state index is 12.2. The van der Waals surface area contributed by atoms with Crippen molar-refractivity contribution in [3.63, 3.8) is 0 Å². The first kappa shape index (κ1) is 16.7. The lowest BCUT2D eigenvalue weighted by Crippen LogP contribution is -2.51. The fourth-order valence-electron chi connectivity index (χ4n) is 3.18. The number of β-amino-alcohol motifs (C(OH)–C–C–N with tert-alkyl or cyclic N) is 1. The summed E-state index contributed by atoms with van der Waals surface area (Å²) in [6, 6.07) is 0. The minimum absolute atomic E-state index is 0.265. The largest absolute Gasteiger partial charge is 0.392 e. The summed E-state index contributed by atoms with van der Waals surface area (Å²) in [6.07, 6.45) is 2.94. The minimum atomic E-state index is -3.29. The molecule has 0 spiro atoms. The standard InChI is InChI=1S/C14H26N2O4S/c1-12(17)10-15-6-8-16(9-7-15)14(18)11-21(19,20)13-4-2-3-5-13/h12-13,17H,2-11H2,1H3. The summed E-state index contributed by atoms with van der Waals surface area (Å²) in [5, 5.41) is 9.04. The number of aliphatic hydroxyl groups excluding tert-OH is 1. The lowest BCUT2D eigenvalue weighted by atomic mass is 10.3. The summed E-state index contributed by atoms with van der Waals surface area (Å²) in [4.78, 5) is 15.9. The van der Waals surface area contributed by atoms with Gasteiger partial charge in [-0.25, -0.2) is 8.42 Å². The second kappa shape index (κ2) is 7.07. The summed E-state index contributed by atoms with van der Waals surface area (Å²) >= 11 is 0. The SMILES string of the molecule is CC(O)CN1CCN(C(=O)CS(=O)(=O)C2CCCC2)CC1. The first-order chi connectivity index (χ1) is 9.88. The van der Waals surface area contributed by atoms with Crippen LogP contribution in [0.1, 0.15) is 32.6 Å². The Morgan fingerprint density at radius 1 is 1.19 bits per heavy atom. The number of sulfone groups is 1. The molecular formula is C14H26N2O4S. The number of piperazine rings is 1. The zero-order valence-corrected chi connectivity index (χ0v) is 13.5. The molecule has 1 unspecified atom stereocenters. The van der Waals surface area contributed by atoms with Gasteiger partial charge >= 0.3 is 0 Å². The van der Waals surface area contributed by atoms with Crippen LogP contribution in [0.5, 0.6) is 0 Å². The third-order valence-corrected chi connectivity index (χ3v) is 6.52. The van der Waals surface area contributed by atoms with E-state index in [0.29, 0.717) is 45.6 Å². The first-order valence-corrected chi connectivity index (χ1v) is 9.50. The number of aliphatic hydroxyl groups is 1. The lowest BCUT2D eigenvalue weighted by molar-refractivity contribution is -0.130. The van der Waals surface area contributed by atoms with E-state index in [1.807, 2.05) is 0 Å². The van der Waals surface area contributed by atoms with Crippen molar-refractivity contribution in [1.82, 2.24) is 9.80 Å². The van der Waals surface area contributed by atoms with Crippen LogP contribution in [0.25, 0.3) is 0 Å². The highest BCUT2D eigenvalue weighted by molar-refractivity contribution is 7.92. The summed E-state index contributed by atoms with van der Waals surface area (Å²) in [5.41, 5.74) is 0. The summed E-state index contributed by atoms with van der Waals surface area (Å²) in [5.74, 6) is -0.604. The number of rotatable bonds is 5. The van der Waals surface area contributed by atoms with Gasteiger partial charge < -0.3 is 10.0 Å². The van der Waals surface area contributed by atoms with E-state index in [9.17, 15) is 18.3 Å². The van der Waals surface area contributed by atoms with Gasteiger partial charge in [0.2, 0.25) is 5.91 Å². The molecule has 1 amide bonds. The highest BCUT2D eigenvalue weighted by atomic mass is 32.2. The molecule has 1 saturated heterocycles. The third-order valence-electron chi connectivity index (χ3n) is 4.38. The maximum Gasteiger partial charge on any atom is 0.237 e. The Morgan fingerprint density at radius 3 is 2.29 bits per heavy atom. The second-order valence-electron chi connectivity index (χ2n) is 6.24. The molecule has 1 aliphatic carbocycles. The van der Waals surface area contributed by atoms with Gasteiger partial charge in [0.15, 0.2) is 9.84 Å². The molecule has 1 saturated carbocycles. The smallest absolute Gasteiger partial charge is 0.237 e.